The fourth-order valence-electron chi connectivity index (χ4n) is 2.91. The zero-order valence-electron chi connectivity index (χ0n) is 16.1. The van der Waals surface area contributed by atoms with Crippen LogP contribution in [0.15, 0.2) is 23.4 Å². The molecule has 1 aromatic carbocycles. The Bertz CT molecular complexity index is 833. The van der Waals surface area contributed by atoms with Gasteiger partial charge < -0.3 is 25.2 Å². The number of nitro groups is 1. The van der Waals surface area contributed by atoms with E-state index in [1.165, 1.54) is 13.2 Å². The van der Waals surface area contributed by atoms with Crippen LogP contribution >= 0.6 is 0 Å². The lowest BCUT2D eigenvalue weighted by atomic mass is 9.93. The van der Waals surface area contributed by atoms with E-state index in [2.05, 4.69) is 10.6 Å². The van der Waals surface area contributed by atoms with Crippen molar-refractivity contribution in [1.82, 2.24) is 10.6 Å². The van der Waals surface area contributed by atoms with Crippen molar-refractivity contribution in [3.8, 4) is 11.5 Å². The number of urea groups is 1. The Balaban J connectivity index is 2.67. The minimum absolute atomic E-state index is 0.148. The van der Waals surface area contributed by atoms with Crippen molar-refractivity contribution in [2.24, 2.45) is 0 Å². The molecule has 1 heterocycles. The molecule has 0 fully saturated rings. The average Bonchev–Trinajstić information content (AvgIpc) is 2.60. The van der Waals surface area contributed by atoms with Gasteiger partial charge >= 0.3 is 17.7 Å². The maximum Gasteiger partial charge on any atom is 0.338 e. The van der Waals surface area contributed by atoms with Crippen LogP contribution in [0.1, 0.15) is 45.2 Å². The highest BCUT2D eigenvalue weighted by atomic mass is 16.6. The summed E-state index contributed by atoms with van der Waals surface area (Å²) in [6, 6.07) is 0.879. The predicted octanol–water partition coefficient (Wildman–Crippen LogP) is 2.67. The van der Waals surface area contributed by atoms with Crippen LogP contribution in [0.5, 0.6) is 11.5 Å². The van der Waals surface area contributed by atoms with E-state index in [0.29, 0.717) is 18.5 Å². The van der Waals surface area contributed by atoms with Gasteiger partial charge in [0.05, 0.1) is 29.8 Å². The molecule has 0 radical (unpaired) electrons. The molecule has 1 aromatic rings. The summed E-state index contributed by atoms with van der Waals surface area (Å²) in [6.07, 6.45) is 0.661. The number of phenols is 1. The molecule has 0 spiro atoms. The third kappa shape index (κ3) is 4.33. The Morgan fingerprint density at radius 2 is 2.07 bits per heavy atom. The van der Waals surface area contributed by atoms with Crippen molar-refractivity contribution in [2.75, 3.05) is 7.11 Å². The number of esters is 1. The molecule has 10 heteroatoms. The van der Waals surface area contributed by atoms with Crippen LogP contribution in [-0.4, -0.2) is 35.2 Å². The Hall–Kier alpha value is -3.30. The van der Waals surface area contributed by atoms with E-state index in [1.807, 2.05) is 6.92 Å². The third-order valence-electron chi connectivity index (χ3n) is 4.04. The number of hydrogen-bond donors (Lipinski definition) is 3. The molecule has 0 aromatic heterocycles. The number of ether oxygens (including phenoxy) is 2. The number of nitrogens with one attached hydrogen (secondary N) is 2. The van der Waals surface area contributed by atoms with E-state index in [9.17, 15) is 24.8 Å². The minimum Gasteiger partial charge on any atom is -0.500 e. The third-order valence-corrected chi connectivity index (χ3v) is 4.04. The molecule has 28 heavy (non-hydrogen) atoms. The normalized spacial score (nSPS) is 16.5. The van der Waals surface area contributed by atoms with Crippen molar-refractivity contribution in [2.45, 2.75) is 45.8 Å². The van der Waals surface area contributed by atoms with Gasteiger partial charge in [0.1, 0.15) is 0 Å². The van der Waals surface area contributed by atoms with Gasteiger partial charge in [0.25, 0.3) is 0 Å². The summed E-state index contributed by atoms with van der Waals surface area (Å²) in [5.74, 6) is -1.43. The maximum absolute atomic E-state index is 12.7. The highest BCUT2D eigenvalue weighted by molar-refractivity contribution is 5.95. The largest absolute Gasteiger partial charge is 0.500 e. The number of carbonyl (C=O) groups is 2. The van der Waals surface area contributed by atoms with Crippen LogP contribution in [-0.2, 0) is 9.53 Å². The summed E-state index contributed by atoms with van der Waals surface area (Å²) >= 11 is 0. The van der Waals surface area contributed by atoms with Gasteiger partial charge in [-0.1, -0.05) is 13.3 Å². The van der Waals surface area contributed by atoms with Crippen molar-refractivity contribution < 1.29 is 29.1 Å². The first-order chi connectivity index (χ1) is 13.2. The number of aromatic hydroxyl groups is 1. The summed E-state index contributed by atoms with van der Waals surface area (Å²) in [5.41, 5.74) is 0.144. The maximum atomic E-state index is 12.7. The topological polar surface area (TPSA) is 140 Å². The second-order valence-corrected chi connectivity index (χ2v) is 6.48. The Morgan fingerprint density at radius 1 is 1.39 bits per heavy atom. The molecule has 3 N–H and O–H groups in total. The first-order valence-electron chi connectivity index (χ1n) is 8.76. The van der Waals surface area contributed by atoms with Gasteiger partial charge in [-0.25, -0.2) is 9.59 Å². The number of hydrogen-bond acceptors (Lipinski definition) is 7. The summed E-state index contributed by atoms with van der Waals surface area (Å²) in [6.45, 7) is 5.27. The molecule has 0 aliphatic carbocycles. The van der Waals surface area contributed by atoms with Crippen LogP contribution in [0.4, 0.5) is 10.5 Å². The molecule has 2 amide bonds. The molecule has 1 aliphatic heterocycles. The summed E-state index contributed by atoms with van der Waals surface area (Å²) in [7, 11) is 1.25. The first-order valence-corrected chi connectivity index (χ1v) is 8.76. The fourth-order valence-corrected chi connectivity index (χ4v) is 2.91. The quantitative estimate of drug-likeness (QED) is 0.367. The van der Waals surface area contributed by atoms with Gasteiger partial charge in [0.2, 0.25) is 5.75 Å². The van der Waals surface area contributed by atoms with E-state index in [-0.39, 0.29) is 16.9 Å². The van der Waals surface area contributed by atoms with Gasteiger partial charge in [-0.3, -0.25) is 10.1 Å². The Labute approximate surface area is 161 Å². The lowest BCUT2D eigenvalue weighted by Crippen LogP contribution is -2.46. The van der Waals surface area contributed by atoms with E-state index >= 15 is 0 Å². The smallest absolute Gasteiger partial charge is 0.338 e. The zero-order chi connectivity index (χ0) is 21.0. The lowest BCUT2D eigenvalue weighted by Gasteiger charge is -2.30. The van der Waals surface area contributed by atoms with E-state index in [0.717, 1.165) is 6.07 Å². The standard InChI is InChI=1S/C18H23N3O7/c1-5-6-11-14(17(23)28-9(2)3)15(20-18(24)19-11)10-7-12(21(25)26)16(22)13(8-10)27-4/h7-9,15,22H,5-6H2,1-4H3,(H2,19,20,24). The summed E-state index contributed by atoms with van der Waals surface area (Å²) in [4.78, 5) is 35.4. The number of nitro benzene ring substituents is 1. The monoisotopic (exact) mass is 393 g/mol. The fraction of sp³-hybridized carbons (Fsp3) is 0.444. The van der Waals surface area contributed by atoms with Gasteiger partial charge in [0.15, 0.2) is 5.75 Å². The van der Waals surface area contributed by atoms with Crippen molar-refractivity contribution >= 4 is 17.7 Å². The number of carbonyl (C=O) groups excluding carboxylic acids is 2. The van der Waals surface area contributed by atoms with Gasteiger partial charge in [-0.15, -0.1) is 0 Å². The Kier molecular flexibility index (Phi) is 6.45. The molecule has 1 unspecified atom stereocenters. The number of allylic oxidation sites excluding steroid dienone is 1. The molecular weight excluding hydrogens is 370 g/mol. The number of methoxy groups -OCH3 is 1. The minimum atomic E-state index is -1.00. The van der Waals surface area contributed by atoms with E-state index in [1.54, 1.807) is 13.8 Å². The van der Waals surface area contributed by atoms with Crippen LogP contribution in [0.2, 0.25) is 0 Å². The predicted molar refractivity (Wildman–Crippen MR) is 98.9 cm³/mol. The SMILES string of the molecule is CCCC1=C(C(=O)OC(C)C)C(c2cc(OC)c(O)c([N+](=O)[O-])c2)NC(=O)N1. The molecule has 2 rings (SSSR count). The molecule has 0 saturated heterocycles. The molecule has 152 valence electrons. The average molecular weight is 393 g/mol. The summed E-state index contributed by atoms with van der Waals surface area (Å²) in [5, 5.41) is 26.5. The second kappa shape index (κ2) is 8.59. The van der Waals surface area contributed by atoms with Crippen molar-refractivity contribution in [3.63, 3.8) is 0 Å². The highest BCUT2D eigenvalue weighted by Crippen LogP contribution is 2.41. The van der Waals surface area contributed by atoms with Crippen LogP contribution in [0.3, 0.4) is 0 Å². The number of rotatable bonds is 7. The van der Waals surface area contributed by atoms with Gasteiger partial charge in [0, 0.05) is 11.8 Å². The van der Waals surface area contributed by atoms with Gasteiger partial charge in [-0.2, -0.15) is 0 Å². The van der Waals surface area contributed by atoms with Crippen LogP contribution in [0.25, 0.3) is 0 Å². The molecule has 0 saturated carbocycles. The van der Waals surface area contributed by atoms with Crippen LogP contribution in [0, 0.1) is 10.1 Å². The van der Waals surface area contributed by atoms with Crippen molar-refractivity contribution in [3.05, 3.63) is 39.1 Å². The second-order valence-electron chi connectivity index (χ2n) is 6.48. The Morgan fingerprint density at radius 3 is 2.61 bits per heavy atom. The van der Waals surface area contributed by atoms with E-state index < -0.39 is 40.5 Å². The molecular formula is C18H23N3O7. The molecule has 0 bridgehead atoms. The van der Waals surface area contributed by atoms with E-state index in [4.69, 9.17) is 9.47 Å². The summed E-state index contributed by atoms with van der Waals surface area (Å²) < 4.78 is 10.3. The van der Waals surface area contributed by atoms with Crippen LogP contribution < -0.4 is 15.4 Å². The molecule has 10 nitrogen and oxygen atoms in total. The number of nitrogens with zero attached hydrogens (tertiary/aromatic N) is 1. The highest BCUT2D eigenvalue weighted by Gasteiger charge is 2.35. The number of amides is 2. The number of phenolic OH excluding ortho intramolecular Hbond substituents is 1. The van der Waals surface area contributed by atoms with Gasteiger partial charge in [-0.05, 0) is 31.9 Å². The first kappa shape index (κ1) is 21.0. The number of benzene rings is 1. The zero-order valence-corrected chi connectivity index (χ0v) is 16.1. The lowest BCUT2D eigenvalue weighted by molar-refractivity contribution is -0.386. The molecule has 1 aliphatic rings. The van der Waals surface area contributed by atoms with Crippen molar-refractivity contribution in [1.29, 1.82) is 0 Å². The molecule has 1 atom stereocenters.